The lowest BCUT2D eigenvalue weighted by Crippen LogP contribution is -2.69. The van der Waals surface area contributed by atoms with Crippen LogP contribution in [0.25, 0.3) is 0 Å². The third-order valence-corrected chi connectivity index (χ3v) is 7.47. The van der Waals surface area contributed by atoms with Gasteiger partial charge in [0.15, 0.2) is 11.5 Å². The Hall–Kier alpha value is -1.58. The van der Waals surface area contributed by atoms with Crippen molar-refractivity contribution in [3.8, 4) is 0 Å². The fourth-order valence-corrected chi connectivity index (χ4v) is 5.68. The van der Waals surface area contributed by atoms with E-state index in [4.69, 9.17) is 9.47 Å². The number of ether oxygens (including phenoxy) is 2. The van der Waals surface area contributed by atoms with Crippen LogP contribution in [0.3, 0.4) is 0 Å². The van der Waals surface area contributed by atoms with Gasteiger partial charge in [0.05, 0.1) is 12.6 Å². The van der Waals surface area contributed by atoms with Crippen LogP contribution in [0.1, 0.15) is 31.7 Å². The molecule has 6 nitrogen and oxygen atoms in total. The molecular formula is C21H23IN2O4. The summed E-state index contributed by atoms with van der Waals surface area (Å²) < 4.78 is 13.1. The minimum absolute atomic E-state index is 0.0445. The van der Waals surface area contributed by atoms with Crippen LogP contribution in [-0.2, 0) is 20.9 Å². The zero-order valence-corrected chi connectivity index (χ0v) is 17.9. The molecule has 0 aliphatic carbocycles. The summed E-state index contributed by atoms with van der Waals surface area (Å²) in [4.78, 5) is 17.5. The SMILES string of the molecule is CC12OCCCN1C(=O)C1=C(OCc3ccccc3)C(O)C(I)=C3CCC2N31. The highest BCUT2D eigenvalue weighted by Gasteiger charge is 2.59. The average molecular weight is 494 g/mol. The van der Waals surface area contributed by atoms with E-state index in [2.05, 4.69) is 27.5 Å². The number of benzene rings is 1. The molecule has 3 atom stereocenters. The van der Waals surface area contributed by atoms with Crippen LogP contribution < -0.4 is 0 Å². The summed E-state index contributed by atoms with van der Waals surface area (Å²) >= 11 is 2.20. The molecule has 28 heavy (non-hydrogen) atoms. The first-order valence-corrected chi connectivity index (χ1v) is 10.8. The lowest BCUT2D eigenvalue weighted by Gasteiger charge is -2.56. The van der Waals surface area contributed by atoms with Crippen LogP contribution in [0.4, 0.5) is 0 Å². The lowest BCUT2D eigenvalue weighted by molar-refractivity contribution is -0.217. The molecule has 5 rings (SSSR count). The van der Waals surface area contributed by atoms with Crippen molar-refractivity contribution < 1.29 is 19.4 Å². The fourth-order valence-electron chi connectivity index (χ4n) is 4.86. The van der Waals surface area contributed by atoms with Gasteiger partial charge in [0.25, 0.3) is 5.91 Å². The van der Waals surface area contributed by atoms with Gasteiger partial charge in [0.2, 0.25) is 0 Å². The normalized spacial score (nSPS) is 31.9. The summed E-state index contributed by atoms with van der Waals surface area (Å²) in [6.07, 6.45) is 1.65. The topological polar surface area (TPSA) is 62.2 Å². The first-order chi connectivity index (χ1) is 13.5. The number of hydrogen-bond donors (Lipinski definition) is 1. The predicted octanol–water partition coefficient (Wildman–Crippen LogP) is 2.88. The van der Waals surface area contributed by atoms with E-state index in [-0.39, 0.29) is 11.9 Å². The molecule has 0 radical (unpaired) electrons. The molecule has 1 aromatic carbocycles. The number of rotatable bonds is 3. The zero-order chi connectivity index (χ0) is 19.5. The molecule has 3 unspecified atom stereocenters. The van der Waals surface area contributed by atoms with E-state index in [1.807, 2.05) is 42.2 Å². The van der Waals surface area contributed by atoms with E-state index in [0.29, 0.717) is 31.2 Å². The van der Waals surface area contributed by atoms with Crippen molar-refractivity contribution in [1.82, 2.24) is 9.80 Å². The highest BCUT2D eigenvalue weighted by Crippen LogP contribution is 2.51. The summed E-state index contributed by atoms with van der Waals surface area (Å²) in [5.74, 6) is 0.255. The molecule has 4 aliphatic rings. The van der Waals surface area contributed by atoms with E-state index in [9.17, 15) is 9.90 Å². The quantitative estimate of drug-likeness (QED) is 0.656. The van der Waals surface area contributed by atoms with Crippen LogP contribution in [0.2, 0.25) is 0 Å². The van der Waals surface area contributed by atoms with Crippen molar-refractivity contribution >= 4 is 28.5 Å². The Kier molecular flexibility index (Phi) is 4.44. The molecule has 0 aromatic heterocycles. The van der Waals surface area contributed by atoms with Crippen LogP contribution in [0, 0.1) is 0 Å². The van der Waals surface area contributed by atoms with Gasteiger partial charge in [-0.25, -0.2) is 0 Å². The standard InChI is InChI=1S/C21H23IN2O4/c1-21-15-9-8-14-16(22)18(25)19(27-12-13-6-3-2-4-7-13)17(24(14)15)20(26)23(21)10-5-11-28-21/h2-4,6-7,15,18,25H,5,8-12H2,1H3. The first-order valence-electron chi connectivity index (χ1n) is 9.75. The van der Waals surface area contributed by atoms with E-state index < -0.39 is 11.8 Å². The van der Waals surface area contributed by atoms with Crippen molar-refractivity contribution in [3.63, 3.8) is 0 Å². The second-order valence-corrected chi connectivity index (χ2v) is 8.98. The number of aliphatic hydroxyl groups excluding tert-OH is 1. The van der Waals surface area contributed by atoms with Crippen LogP contribution in [0.5, 0.6) is 0 Å². The zero-order valence-electron chi connectivity index (χ0n) is 15.7. The molecule has 3 fully saturated rings. The van der Waals surface area contributed by atoms with E-state index in [0.717, 1.165) is 34.1 Å². The number of carbonyl (C=O) groups excluding carboxylic acids is 1. The van der Waals surface area contributed by atoms with Gasteiger partial charge in [-0.05, 0) is 54.3 Å². The Morgan fingerprint density at radius 1 is 1.36 bits per heavy atom. The van der Waals surface area contributed by atoms with Gasteiger partial charge in [-0.2, -0.15) is 0 Å². The predicted molar refractivity (Wildman–Crippen MR) is 111 cm³/mol. The van der Waals surface area contributed by atoms with Crippen molar-refractivity contribution in [2.45, 2.75) is 50.7 Å². The molecule has 4 heterocycles. The Morgan fingerprint density at radius 2 is 2.14 bits per heavy atom. The van der Waals surface area contributed by atoms with Crippen molar-refractivity contribution in [3.05, 3.63) is 56.6 Å². The summed E-state index contributed by atoms with van der Waals surface area (Å²) in [6.45, 7) is 3.67. The Morgan fingerprint density at radius 3 is 2.93 bits per heavy atom. The maximum atomic E-state index is 13.5. The average Bonchev–Trinajstić information content (AvgIpc) is 3.16. The third kappa shape index (κ3) is 2.55. The summed E-state index contributed by atoms with van der Waals surface area (Å²) in [6, 6.07) is 9.86. The van der Waals surface area contributed by atoms with Gasteiger partial charge in [-0.3, -0.25) is 4.79 Å². The maximum absolute atomic E-state index is 13.5. The minimum atomic E-state index is -0.900. The largest absolute Gasteiger partial charge is 0.488 e. The number of halogens is 1. The second-order valence-electron chi connectivity index (χ2n) is 7.82. The van der Waals surface area contributed by atoms with Crippen molar-refractivity contribution in [2.75, 3.05) is 13.2 Å². The van der Waals surface area contributed by atoms with E-state index in [1.54, 1.807) is 0 Å². The maximum Gasteiger partial charge on any atom is 0.276 e. The number of hydrogen-bond acceptors (Lipinski definition) is 5. The van der Waals surface area contributed by atoms with Crippen LogP contribution in [0.15, 0.2) is 51.1 Å². The molecular weight excluding hydrogens is 471 g/mol. The van der Waals surface area contributed by atoms with Gasteiger partial charge in [-0.1, -0.05) is 30.3 Å². The number of nitrogens with zero attached hydrogens (tertiary/aromatic N) is 2. The summed E-state index contributed by atoms with van der Waals surface area (Å²) in [7, 11) is 0. The Balaban J connectivity index is 1.58. The molecule has 1 amide bonds. The summed E-state index contributed by atoms with van der Waals surface area (Å²) in [5, 5.41) is 11.0. The molecule has 1 aromatic rings. The number of fused-ring (bicyclic) bond motifs is 2. The molecule has 0 spiro atoms. The highest BCUT2D eigenvalue weighted by atomic mass is 127. The molecule has 148 valence electrons. The smallest absolute Gasteiger partial charge is 0.276 e. The highest BCUT2D eigenvalue weighted by molar-refractivity contribution is 14.1. The van der Waals surface area contributed by atoms with Crippen molar-refractivity contribution in [2.24, 2.45) is 0 Å². The van der Waals surface area contributed by atoms with Crippen LogP contribution in [-0.4, -0.2) is 51.8 Å². The molecule has 0 bridgehead atoms. The molecule has 0 saturated carbocycles. The number of carbonyl (C=O) groups is 1. The van der Waals surface area contributed by atoms with Crippen LogP contribution >= 0.6 is 22.6 Å². The van der Waals surface area contributed by atoms with Crippen molar-refractivity contribution in [1.29, 1.82) is 0 Å². The molecule has 3 saturated heterocycles. The van der Waals surface area contributed by atoms with E-state index >= 15 is 0 Å². The van der Waals surface area contributed by atoms with Gasteiger partial charge in [0, 0.05) is 15.8 Å². The lowest BCUT2D eigenvalue weighted by atomic mass is 9.93. The number of allylic oxidation sites excluding steroid dienone is 1. The minimum Gasteiger partial charge on any atom is -0.488 e. The molecule has 1 N–H and O–H groups in total. The van der Waals surface area contributed by atoms with E-state index in [1.165, 1.54) is 0 Å². The van der Waals surface area contributed by atoms with Gasteiger partial charge in [0.1, 0.15) is 18.4 Å². The molecule has 7 heteroatoms. The monoisotopic (exact) mass is 494 g/mol. The Bertz CT molecular complexity index is 884. The van der Waals surface area contributed by atoms with Gasteiger partial charge >= 0.3 is 0 Å². The van der Waals surface area contributed by atoms with Gasteiger partial charge in [-0.15, -0.1) is 0 Å². The first kappa shape index (κ1) is 18.4. The second kappa shape index (κ2) is 6.74. The number of aliphatic hydroxyl groups is 1. The number of amides is 1. The Labute approximate surface area is 177 Å². The third-order valence-electron chi connectivity index (χ3n) is 6.25. The summed E-state index contributed by atoms with van der Waals surface area (Å²) in [5.41, 5.74) is 1.89. The fraction of sp³-hybridized carbons (Fsp3) is 0.476. The molecule has 4 aliphatic heterocycles. The van der Waals surface area contributed by atoms with Gasteiger partial charge < -0.3 is 24.4 Å². The number of piperazine rings is 1.